The molecular weight excluding hydrogens is 454 g/mol. The second kappa shape index (κ2) is 12.7. The van der Waals surface area contributed by atoms with Gasteiger partial charge in [0.1, 0.15) is 20.2 Å². The molecule has 0 atom stereocenters. The molecule has 10 nitrogen and oxygen atoms in total. The zero-order valence-corrected chi connectivity index (χ0v) is 22.2. The Morgan fingerprint density at radius 2 is 1.04 bits per heavy atom. The van der Waals surface area contributed by atoms with E-state index in [-0.39, 0.29) is 92.4 Å². The number of hydrogen-bond acceptors (Lipinski definition) is 10. The van der Waals surface area contributed by atoms with E-state index in [1.54, 1.807) is 0 Å². The Kier molecular flexibility index (Phi) is 13.8. The molecule has 14 heteroatoms. The fraction of sp³-hybridized carbons (Fsp3) is 0.143. The Bertz CT molecular complexity index is 912. The van der Waals surface area contributed by atoms with E-state index in [2.05, 4.69) is 9.47 Å². The molecule has 0 bridgehead atoms. The quantitative estimate of drug-likeness (QED) is 0.326. The predicted octanol–water partition coefficient (Wildman–Crippen LogP) is -5.38. The van der Waals surface area contributed by atoms with Crippen molar-refractivity contribution in [2.75, 3.05) is 14.2 Å². The normalized spacial score (nSPS) is 10.4. The first kappa shape index (κ1) is 30.3. The van der Waals surface area contributed by atoms with E-state index in [9.17, 15) is 36.2 Å². The Morgan fingerprint density at radius 3 is 1.25 bits per heavy atom. The largest absolute Gasteiger partial charge is 1.00 e. The van der Waals surface area contributed by atoms with Gasteiger partial charge in [0, 0.05) is 0 Å². The Hall–Kier alpha value is 0.0964. The molecule has 2 aromatic rings. The van der Waals surface area contributed by atoms with Gasteiger partial charge < -0.3 is 28.8 Å². The molecule has 2 aromatic carbocycles. The van der Waals surface area contributed by atoms with Gasteiger partial charge in [-0.15, -0.1) is 0 Å². The van der Waals surface area contributed by atoms with Crippen LogP contribution in [0.3, 0.4) is 0 Å². The van der Waals surface area contributed by atoms with Crippen LogP contribution in [0.4, 0.5) is 0 Å². The van der Waals surface area contributed by atoms with Gasteiger partial charge in [0.05, 0.1) is 24.0 Å². The molecule has 28 heavy (non-hydrogen) atoms. The summed E-state index contributed by atoms with van der Waals surface area (Å²) in [5, 5.41) is 18.4. The molecule has 0 heterocycles. The van der Waals surface area contributed by atoms with Gasteiger partial charge >= 0.3 is 80.9 Å². The molecule has 0 amide bonds. The van der Waals surface area contributed by atoms with Gasteiger partial charge in [-0.25, -0.2) is 16.8 Å². The molecule has 0 aromatic heterocycles. The molecule has 2 rings (SSSR count). The monoisotopic (exact) mass is 468 g/mol. The zero-order valence-electron chi connectivity index (χ0n) is 15.4. The fourth-order valence-corrected chi connectivity index (χ4v) is 2.90. The van der Waals surface area contributed by atoms with E-state index < -0.39 is 41.5 Å². The average Bonchev–Trinajstić information content (AvgIpc) is 2.53. The Morgan fingerprint density at radius 1 is 0.750 bits per heavy atom. The van der Waals surface area contributed by atoms with Gasteiger partial charge in [0.15, 0.2) is 23.0 Å². The minimum absolute atomic E-state index is 0. The molecule has 0 saturated carbocycles. The van der Waals surface area contributed by atoms with Gasteiger partial charge in [-0.2, -0.15) is 0 Å². The van der Waals surface area contributed by atoms with Crippen molar-refractivity contribution >= 4 is 20.2 Å². The minimum Gasteiger partial charge on any atom is -0.744 e. The number of phenolic OH excluding ortho intramolecular Hbond substituents is 2. The van der Waals surface area contributed by atoms with E-state index in [1.165, 1.54) is 38.5 Å². The minimum atomic E-state index is -4.65. The Labute approximate surface area is 227 Å². The van der Waals surface area contributed by atoms with Crippen LogP contribution in [0, 0.1) is 0 Å². The predicted molar refractivity (Wildman–Crippen MR) is 85.2 cm³/mol. The van der Waals surface area contributed by atoms with Crippen LogP contribution >= 0.6 is 0 Å². The zero-order chi connectivity index (χ0) is 20.1. The maximum atomic E-state index is 10.6. The smallest absolute Gasteiger partial charge is 0.744 e. The van der Waals surface area contributed by atoms with Crippen molar-refractivity contribution < 1.29 is 127 Å². The number of para-hydroxylation sites is 2. The van der Waals surface area contributed by atoms with Gasteiger partial charge in [-0.3, -0.25) is 0 Å². The molecule has 0 fully saturated rings. The summed E-state index contributed by atoms with van der Waals surface area (Å²) < 4.78 is 72.6. The number of hydrogen-bond donors (Lipinski definition) is 2. The van der Waals surface area contributed by atoms with E-state index in [4.69, 9.17) is 0 Å². The summed E-state index contributed by atoms with van der Waals surface area (Å²) >= 11 is 0. The van der Waals surface area contributed by atoms with Crippen molar-refractivity contribution in [3.8, 4) is 23.0 Å². The van der Waals surface area contributed by atoms with Crippen molar-refractivity contribution in [3.63, 3.8) is 0 Å². The van der Waals surface area contributed by atoms with E-state index in [1.807, 2.05) is 0 Å². The third kappa shape index (κ3) is 8.45. The molecular formula is C14H14KNaO10S2. The maximum absolute atomic E-state index is 10.6. The van der Waals surface area contributed by atoms with Crippen LogP contribution in [0.5, 0.6) is 23.0 Å². The number of rotatable bonds is 4. The SMILES string of the molecule is COc1cccc(S(=O)(=O)[O-])c1O.COc1cccc(S(=O)(=O)[O-])c1O.[K+].[Na+]. The molecule has 0 aliphatic rings. The van der Waals surface area contributed by atoms with Gasteiger partial charge in [0.2, 0.25) is 0 Å². The molecule has 0 unspecified atom stereocenters. The molecule has 0 radical (unpaired) electrons. The molecule has 144 valence electrons. The molecule has 0 spiro atoms. The number of aromatic hydroxyl groups is 2. The fourth-order valence-electron chi connectivity index (χ4n) is 1.74. The van der Waals surface area contributed by atoms with Crippen molar-refractivity contribution in [2.45, 2.75) is 9.79 Å². The molecule has 2 N–H and O–H groups in total. The van der Waals surface area contributed by atoms with Gasteiger partial charge in [-0.1, -0.05) is 12.1 Å². The summed E-state index contributed by atoms with van der Waals surface area (Å²) in [6.45, 7) is 0. The van der Waals surface area contributed by atoms with Crippen LogP contribution in [0.15, 0.2) is 46.2 Å². The summed E-state index contributed by atoms with van der Waals surface area (Å²) in [4.78, 5) is -1.35. The summed E-state index contributed by atoms with van der Waals surface area (Å²) in [6, 6.07) is 7.35. The van der Waals surface area contributed by atoms with Crippen LogP contribution in [-0.4, -0.2) is 50.4 Å². The van der Waals surface area contributed by atoms with Crippen molar-refractivity contribution in [2.24, 2.45) is 0 Å². The number of ether oxygens (including phenoxy) is 2. The van der Waals surface area contributed by atoms with E-state index >= 15 is 0 Å². The molecule has 0 saturated heterocycles. The van der Waals surface area contributed by atoms with Crippen molar-refractivity contribution in [1.29, 1.82) is 0 Å². The second-order valence-corrected chi connectivity index (χ2v) is 7.22. The van der Waals surface area contributed by atoms with Crippen molar-refractivity contribution in [1.82, 2.24) is 0 Å². The topological polar surface area (TPSA) is 173 Å². The second-order valence-electron chi connectivity index (χ2n) is 4.52. The number of phenols is 2. The number of methoxy groups -OCH3 is 2. The third-order valence-electron chi connectivity index (χ3n) is 2.90. The van der Waals surface area contributed by atoms with Gasteiger partial charge in [-0.05, 0) is 24.3 Å². The first-order valence-electron chi connectivity index (χ1n) is 6.57. The Balaban J connectivity index is 0. The summed E-state index contributed by atoms with van der Waals surface area (Å²) in [6.07, 6.45) is 0. The van der Waals surface area contributed by atoms with Crippen LogP contribution in [0.25, 0.3) is 0 Å². The first-order valence-corrected chi connectivity index (χ1v) is 9.38. The van der Waals surface area contributed by atoms with Crippen LogP contribution in [-0.2, 0) is 20.2 Å². The summed E-state index contributed by atoms with van der Waals surface area (Å²) in [5.41, 5.74) is 0. The van der Waals surface area contributed by atoms with E-state index in [0.29, 0.717) is 0 Å². The molecule has 0 aliphatic carbocycles. The van der Waals surface area contributed by atoms with Gasteiger partial charge in [0.25, 0.3) is 0 Å². The van der Waals surface area contributed by atoms with E-state index in [0.717, 1.165) is 12.1 Å². The summed E-state index contributed by atoms with van der Waals surface area (Å²) in [7, 11) is -6.77. The van der Waals surface area contributed by atoms with Crippen molar-refractivity contribution in [3.05, 3.63) is 36.4 Å². The maximum Gasteiger partial charge on any atom is 1.00 e. The first-order chi connectivity index (χ1) is 11.9. The average molecular weight is 468 g/mol. The van der Waals surface area contributed by atoms with Crippen LogP contribution in [0.1, 0.15) is 0 Å². The molecule has 0 aliphatic heterocycles. The standard InChI is InChI=1S/2C7H8O5S.K.Na/c2*1-12-5-3-2-4-6(7(5)8)13(9,10)11;;/h2*2-4,8H,1H3,(H,9,10,11);;/q;;2*+1/p-2. The van der Waals surface area contributed by atoms with Crippen LogP contribution in [0.2, 0.25) is 0 Å². The van der Waals surface area contributed by atoms with Crippen LogP contribution < -0.4 is 90.4 Å². The number of benzene rings is 2. The third-order valence-corrected chi connectivity index (χ3v) is 4.64. The summed E-state index contributed by atoms with van der Waals surface area (Å²) in [5.74, 6) is -1.39.